The number of hydrogen-bond acceptors (Lipinski definition) is 2. The van der Waals surface area contributed by atoms with Crippen LogP contribution in [0.4, 0.5) is 0 Å². The first-order valence-corrected chi connectivity index (χ1v) is 4.38. The van der Waals surface area contributed by atoms with Gasteiger partial charge >= 0.3 is 0 Å². The number of methoxy groups -OCH3 is 1. The van der Waals surface area contributed by atoms with Crippen molar-refractivity contribution in [1.29, 1.82) is 0 Å². The van der Waals surface area contributed by atoms with Crippen molar-refractivity contribution < 1.29 is 9.84 Å². The van der Waals surface area contributed by atoms with Gasteiger partial charge in [0.1, 0.15) is 0 Å². The monoisotopic (exact) mass is 172 g/mol. The van der Waals surface area contributed by atoms with Crippen molar-refractivity contribution in [3.63, 3.8) is 0 Å². The standard InChI is InChI=1S/C10H20O2/c1-9(2)10(3,12-4)7-5-6-8-11/h5-6,9,11H,7-8H2,1-4H3/b6-5+. The first-order chi connectivity index (χ1) is 5.56. The van der Waals surface area contributed by atoms with E-state index in [-0.39, 0.29) is 12.2 Å². The molecule has 0 rings (SSSR count). The highest BCUT2D eigenvalue weighted by Crippen LogP contribution is 2.24. The van der Waals surface area contributed by atoms with Crippen LogP contribution in [0.2, 0.25) is 0 Å². The quantitative estimate of drug-likeness (QED) is 0.643. The molecular formula is C10H20O2. The Hall–Kier alpha value is -0.340. The number of ether oxygens (including phenoxy) is 1. The maximum atomic E-state index is 8.55. The molecule has 0 aliphatic heterocycles. The van der Waals surface area contributed by atoms with E-state index < -0.39 is 0 Å². The van der Waals surface area contributed by atoms with Crippen LogP contribution in [0, 0.1) is 5.92 Å². The first-order valence-electron chi connectivity index (χ1n) is 4.38. The third kappa shape index (κ3) is 3.37. The van der Waals surface area contributed by atoms with Crippen LogP contribution in [0.5, 0.6) is 0 Å². The Kier molecular flexibility index (Phi) is 5.18. The Morgan fingerprint density at radius 2 is 2.00 bits per heavy atom. The normalized spacial score (nSPS) is 17.2. The maximum Gasteiger partial charge on any atom is 0.0707 e. The van der Waals surface area contributed by atoms with Crippen LogP contribution < -0.4 is 0 Å². The Balaban J connectivity index is 4.05. The van der Waals surface area contributed by atoms with Gasteiger partial charge in [-0.15, -0.1) is 0 Å². The summed E-state index contributed by atoms with van der Waals surface area (Å²) in [5.41, 5.74) is -0.105. The highest BCUT2D eigenvalue weighted by molar-refractivity contribution is 4.91. The molecule has 0 saturated heterocycles. The molecule has 0 amide bonds. The predicted molar refractivity (Wildman–Crippen MR) is 51.1 cm³/mol. The van der Waals surface area contributed by atoms with Gasteiger partial charge in [-0.25, -0.2) is 0 Å². The Morgan fingerprint density at radius 1 is 1.42 bits per heavy atom. The van der Waals surface area contributed by atoms with Crippen molar-refractivity contribution in [3.05, 3.63) is 12.2 Å². The van der Waals surface area contributed by atoms with Crippen molar-refractivity contribution in [1.82, 2.24) is 0 Å². The summed E-state index contributed by atoms with van der Waals surface area (Å²) in [7, 11) is 1.73. The zero-order valence-corrected chi connectivity index (χ0v) is 8.50. The first kappa shape index (κ1) is 11.7. The van der Waals surface area contributed by atoms with E-state index in [2.05, 4.69) is 20.8 Å². The molecule has 0 aromatic rings. The van der Waals surface area contributed by atoms with E-state index in [0.29, 0.717) is 5.92 Å². The molecule has 0 aromatic carbocycles. The Labute approximate surface area is 75.2 Å². The summed E-state index contributed by atoms with van der Waals surface area (Å²) in [5.74, 6) is 0.478. The molecule has 0 bridgehead atoms. The van der Waals surface area contributed by atoms with Gasteiger partial charge in [0.05, 0.1) is 12.2 Å². The van der Waals surface area contributed by atoms with E-state index >= 15 is 0 Å². The van der Waals surface area contributed by atoms with Crippen LogP contribution in [0.25, 0.3) is 0 Å². The molecule has 12 heavy (non-hydrogen) atoms. The average Bonchev–Trinajstić information content (AvgIpc) is 2.04. The summed E-state index contributed by atoms with van der Waals surface area (Å²) in [6.45, 7) is 6.46. The van der Waals surface area contributed by atoms with Gasteiger partial charge in [-0.05, 0) is 19.3 Å². The Morgan fingerprint density at radius 3 is 2.33 bits per heavy atom. The van der Waals surface area contributed by atoms with Crippen molar-refractivity contribution >= 4 is 0 Å². The molecule has 1 unspecified atom stereocenters. The fourth-order valence-corrected chi connectivity index (χ4v) is 0.947. The minimum atomic E-state index is -0.105. The molecule has 72 valence electrons. The predicted octanol–water partition coefficient (Wildman–Crippen LogP) is 1.99. The highest BCUT2D eigenvalue weighted by Gasteiger charge is 2.25. The second-order valence-corrected chi connectivity index (χ2v) is 3.53. The van der Waals surface area contributed by atoms with Crippen LogP contribution in [0.3, 0.4) is 0 Å². The van der Waals surface area contributed by atoms with E-state index in [9.17, 15) is 0 Å². The molecule has 1 atom stereocenters. The molecule has 2 nitrogen and oxygen atoms in total. The minimum Gasteiger partial charge on any atom is -0.392 e. The van der Waals surface area contributed by atoms with Gasteiger partial charge in [-0.1, -0.05) is 26.0 Å². The van der Waals surface area contributed by atoms with Crippen molar-refractivity contribution in [2.24, 2.45) is 5.92 Å². The minimum absolute atomic E-state index is 0.105. The van der Waals surface area contributed by atoms with Crippen LogP contribution >= 0.6 is 0 Å². The van der Waals surface area contributed by atoms with Crippen LogP contribution in [-0.4, -0.2) is 24.4 Å². The zero-order chi connectivity index (χ0) is 9.61. The number of aliphatic hydroxyl groups excluding tert-OH is 1. The summed E-state index contributed by atoms with van der Waals surface area (Å²) in [4.78, 5) is 0. The van der Waals surface area contributed by atoms with Crippen molar-refractivity contribution in [3.8, 4) is 0 Å². The van der Waals surface area contributed by atoms with Gasteiger partial charge in [0.15, 0.2) is 0 Å². The molecule has 0 aliphatic carbocycles. The van der Waals surface area contributed by atoms with Gasteiger partial charge in [0.2, 0.25) is 0 Å². The number of aliphatic hydroxyl groups is 1. The topological polar surface area (TPSA) is 29.5 Å². The lowest BCUT2D eigenvalue weighted by Gasteiger charge is -2.31. The SMILES string of the molecule is COC(C)(C/C=C/CO)C(C)C. The third-order valence-corrected chi connectivity index (χ3v) is 2.48. The summed E-state index contributed by atoms with van der Waals surface area (Å²) in [6, 6.07) is 0. The van der Waals surface area contributed by atoms with E-state index in [1.54, 1.807) is 13.2 Å². The van der Waals surface area contributed by atoms with E-state index in [0.717, 1.165) is 6.42 Å². The number of hydrogen-bond donors (Lipinski definition) is 1. The van der Waals surface area contributed by atoms with Crippen LogP contribution in [0.1, 0.15) is 27.2 Å². The second-order valence-electron chi connectivity index (χ2n) is 3.53. The molecule has 0 aliphatic rings. The molecule has 0 heterocycles. The summed E-state index contributed by atoms with van der Waals surface area (Å²) in [6.07, 6.45) is 4.56. The Bertz CT molecular complexity index is 141. The van der Waals surface area contributed by atoms with Gasteiger partial charge < -0.3 is 9.84 Å². The smallest absolute Gasteiger partial charge is 0.0707 e. The molecule has 0 fully saturated rings. The lowest BCUT2D eigenvalue weighted by atomic mass is 9.89. The van der Waals surface area contributed by atoms with Gasteiger partial charge in [0, 0.05) is 7.11 Å². The van der Waals surface area contributed by atoms with E-state index in [1.165, 1.54) is 0 Å². The molecular weight excluding hydrogens is 152 g/mol. The summed E-state index contributed by atoms with van der Waals surface area (Å²) < 4.78 is 5.41. The molecule has 0 spiro atoms. The van der Waals surface area contributed by atoms with E-state index in [1.807, 2.05) is 6.08 Å². The molecule has 0 saturated carbocycles. The van der Waals surface area contributed by atoms with Crippen molar-refractivity contribution in [2.75, 3.05) is 13.7 Å². The van der Waals surface area contributed by atoms with Crippen molar-refractivity contribution in [2.45, 2.75) is 32.8 Å². The third-order valence-electron chi connectivity index (χ3n) is 2.48. The number of rotatable bonds is 5. The van der Waals surface area contributed by atoms with Crippen LogP contribution in [-0.2, 0) is 4.74 Å². The average molecular weight is 172 g/mol. The van der Waals surface area contributed by atoms with E-state index in [4.69, 9.17) is 9.84 Å². The molecule has 2 heteroatoms. The van der Waals surface area contributed by atoms with Gasteiger partial charge in [-0.2, -0.15) is 0 Å². The lowest BCUT2D eigenvalue weighted by molar-refractivity contribution is -0.0294. The lowest BCUT2D eigenvalue weighted by Crippen LogP contribution is -2.32. The molecule has 0 aromatic heterocycles. The zero-order valence-electron chi connectivity index (χ0n) is 8.50. The highest BCUT2D eigenvalue weighted by atomic mass is 16.5. The maximum absolute atomic E-state index is 8.55. The fourth-order valence-electron chi connectivity index (χ4n) is 0.947. The summed E-state index contributed by atoms with van der Waals surface area (Å²) >= 11 is 0. The molecule has 1 N–H and O–H groups in total. The summed E-state index contributed by atoms with van der Waals surface area (Å²) in [5, 5.41) is 8.55. The van der Waals surface area contributed by atoms with Gasteiger partial charge in [-0.3, -0.25) is 0 Å². The second kappa shape index (κ2) is 5.33. The van der Waals surface area contributed by atoms with Gasteiger partial charge in [0.25, 0.3) is 0 Å². The fraction of sp³-hybridized carbons (Fsp3) is 0.800. The largest absolute Gasteiger partial charge is 0.392 e. The van der Waals surface area contributed by atoms with Crippen LogP contribution in [0.15, 0.2) is 12.2 Å². The molecule has 0 radical (unpaired) electrons.